The molecule has 4 aromatic heterocycles. The largest absolute Gasteiger partial charge is 0.493 e. The number of hydrogen-bond donors (Lipinski definition) is 4. The maximum atomic E-state index is 14.1. The molecule has 0 unspecified atom stereocenters. The van der Waals surface area contributed by atoms with E-state index in [-0.39, 0.29) is 16.6 Å². The van der Waals surface area contributed by atoms with Crippen molar-refractivity contribution in [2.24, 2.45) is 0 Å². The van der Waals surface area contributed by atoms with Crippen LogP contribution in [0.1, 0.15) is 68.3 Å². The maximum Gasteiger partial charge on any atom is 0.271 e. The first-order valence-corrected chi connectivity index (χ1v) is 24.3. The molecule has 360 valence electrons. The molecule has 4 aromatic carbocycles. The summed E-state index contributed by atoms with van der Waals surface area (Å²) in [5, 5.41) is 16.3. The van der Waals surface area contributed by atoms with E-state index in [4.69, 9.17) is 26.9 Å². The molecule has 1 aliphatic carbocycles. The number of pyridine rings is 3. The summed E-state index contributed by atoms with van der Waals surface area (Å²) in [6.45, 7) is 6.47. The fourth-order valence-corrected chi connectivity index (χ4v) is 8.90. The molecule has 2 aliphatic rings. The van der Waals surface area contributed by atoms with Crippen molar-refractivity contribution in [3.8, 4) is 57.8 Å². The molecule has 1 saturated heterocycles. The summed E-state index contributed by atoms with van der Waals surface area (Å²) < 4.78 is 8.60. The molecule has 0 radical (unpaired) electrons. The zero-order valence-corrected chi connectivity index (χ0v) is 41.0. The highest BCUT2D eigenvalue weighted by molar-refractivity contribution is 7.71. The Labute approximate surface area is 427 Å². The van der Waals surface area contributed by atoms with E-state index in [9.17, 15) is 14.7 Å². The third kappa shape index (κ3) is 10.9. The number of fused-ring (bicyclic) bond motifs is 2. The lowest BCUT2D eigenvalue weighted by molar-refractivity contribution is 0.0342. The first kappa shape index (κ1) is 47.7. The van der Waals surface area contributed by atoms with Gasteiger partial charge in [0.1, 0.15) is 0 Å². The van der Waals surface area contributed by atoms with Crippen LogP contribution >= 0.6 is 12.2 Å². The van der Waals surface area contributed by atoms with Gasteiger partial charge in [0.05, 0.1) is 52.9 Å². The number of nitrogens with one attached hydrogen (secondary N) is 3. The zero-order chi connectivity index (χ0) is 50.3. The molecule has 0 saturated carbocycles. The normalized spacial score (nSPS) is 13.1. The van der Waals surface area contributed by atoms with Crippen LogP contribution in [0.2, 0.25) is 0 Å². The summed E-state index contributed by atoms with van der Waals surface area (Å²) in [6.07, 6.45) is 12.4. The van der Waals surface area contributed by atoms with E-state index in [1.807, 2.05) is 72.8 Å². The summed E-state index contributed by atoms with van der Waals surface area (Å²) in [5.41, 5.74) is 16.5. The first-order valence-electron chi connectivity index (χ1n) is 23.9. The molecule has 0 atom stereocenters. The zero-order valence-electron chi connectivity index (χ0n) is 40.1. The van der Waals surface area contributed by atoms with Gasteiger partial charge in [-0.1, -0.05) is 84.7 Å². The summed E-state index contributed by atoms with van der Waals surface area (Å²) in [5.74, 6) is 12.1. The van der Waals surface area contributed by atoms with Gasteiger partial charge in [-0.15, -0.1) is 0 Å². The Morgan fingerprint density at radius 2 is 1.38 bits per heavy atom. The van der Waals surface area contributed by atoms with Gasteiger partial charge in [-0.2, -0.15) is 0 Å². The van der Waals surface area contributed by atoms with E-state index in [0.717, 1.165) is 83.2 Å². The molecule has 4 N–H and O–H groups in total. The molecule has 10 rings (SSSR count). The van der Waals surface area contributed by atoms with E-state index in [2.05, 4.69) is 93.2 Å². The number of hydrazine groups is 1. The fraction of sp³-hybridized carbons (Fsp3) is 0.153. The fourth-order valence-electron chi connectivity index (χ4n) is 8.61. The summed E-state index contributed by atoms with van der Waals surface area (Å²) >= 11 is 6.00. The van der Waals surface area contributed by atoms with Crippen LogP contribution in [0.25, 0.3) is 51.3 Å². The van der Waals surface area contributed by atoms with E-state index < -0.39 is 5.91 Å². The third-order valence-electron chi connectivity index (χ3n) is 12.7. The molecule has 73 heavy (non-hydrogen) atoms. The highest BCUT2D eigenvalue weighted by Crippen LogP contribution is 2.26. The lowest BCUT2D eigenvalue weighted by Crippen LogP contribution is -2.36. The number of benzene rings is 4. The van der Waals surface area contributed by atoms with Crippen molar-refractivity contribution in [2.45, 2.75) is 26.3 Å². The molecule has 8 aromatic rings. The number of carbonyl (C=O) groups is 2. The van der Waals surface area contributed by atoms with Crippen molar-refractivity contribution in [3.05, 3.63) is 200 Å². The molecule has 2 amide bonds. The maximum absolute atomic E-state index is 14.1. The molecule has 0 spiro atoms. The minimum Gasteiger partial charge on any atom is -0.493 e. The van der Waals surface area contributed by atoms with Gasteiger partial charge in [-0.3, -0.25) is 29.5 Å². The Morgan fingerprint density at radius 3 is 2.01 bits per heavy atom. The van der Waals surface area contributed by atoms with Gasteiger partial charge in [0, 0.05) is 88.6 Å². The van der Waals surface area contributed by atoms with Gasteiger partial charge in [0.15, 0.2) is 0 Å². The highest BCUT2D eigenvalue weighted by atomic mass is 32.1. The summed E-state index contributed by atoms with van der Waals surface area (Å²) in [7, 11) is 1.59. The van der Waals surface area contributed by atoms with E-state index >= 15 is 0 Å². The van der Waals surface area contributed by atoms with Crippen molar-refractivity contribution in [1.82, 2.24) is 39.8 Å². The lowest BCUT2D eigenvalue weighted by atomic mass is 10.0. The predicted molar refractivity (Wildman–Crippen MR) is 287 cm³/mol. The number of allylic oxidation sites excluding steroid dienone is 2. The predicted octanol–water partition coefficient (Wildman–Crippen LogP) is 7.57. The van der Waals surface area contributed by atoms with Gasteiger partial charge < -0.3 is 15.2 Å². The number of imidazole rings is 1. The minimum atomic E-state index is -0.479. The van der Waals surface area contributed by atoms with Gasteiger partial charge in [-0.25, -0.2) is 20.2 Å². The SMILES string of the molecule is CCC1=CC=c2nc(-c3ccc(C#Cc4ccc(CN5CCOCC5)cc4)cc3)cc(-n3c(O)cn(NNC(=O)c4cc(-c5ccc(C#Cc6ccc(C(=O)NC)cc6)cc5)nc5ccncc45)c3=S)c2=CC1. The number of ether oxygens (including phenoxy) is 1. The number of nitrogens with zero attached hydrogens (tertiary/aromatic N) is 6. The van der Waals surface area contributed by atoms with Crippen molar-refractivity contribution in [3.63, 3.8) is 0 Å². The second-order valence-corrected chi connectivity index (χ2v) is 17.8. The Morgan fingerprint density at radius 1 is 0.767 bits per heavy atom. The van der Waals surface area contributed by atoms with Gasteiger partial charge in [-0.05, 0) is 116 Å². The topological polar surface area (TPSA) is 151 Å². The first-order chi connectivity index (χ1) is 35.7. The van der Waals surface area contributed by atoms with Crippen LogP contribution in [0.3, 0.4) is 0 Å². The van der Waals surface area contributed by atoms with Gasteiger partial charge in [0.2, 0.25) is 10.7 Å². The van der Waals surface area contributed by atoms with Crippen molar-refractivity contribution >= 4 is 47.1 Å². The number of carbonyl (C=O) groups excluding carboxylic acids is 2. The molecule has 1 fully saturated rings. The Hall–Kier alpha value is -8.92. The standard InChI is InChI=1S/C59H49N9O4S/c1-3-39-18-26-48-51(27-19-39)62-54(46-22-14-41(15-23-46)5-4-40-8-10-44(11-9-40)37-66-30-32-72-33-31-66)35-55(48)68-56(69)38-67(59(68)73)65-64-58(71)49-34-53(63-52-28-29-61-36-50(49)52)45-20-12-42(13-21-45)6-7-43-16-24-47(25-17-43)57(70)60-2/h8-17,19-29,34-36,38,65,69H,3,18,30-33,37H2,1-2H3,(H,60,70)(H,64,71). The van der Waals surface area contributed by atoms with Crippen LogP contribution in [0.15, 0.2) is 146 Å². The average molecular weight is 980 g/mol. The lowest BCUT2D eigenvalue weighted by Gasteiger charge is -2.26. The molecule has 1 aliphatic heterocycles. The van der Waals surface area contributed by atoms with Crippen LogP contribution < -0.4 is 26.8 Å². The van der Waals surface area contributed by atoms with Crippen molar-refractivity contribution in [1.29, 1.82) is 0 Å². The molecule has 14 heteroatoms. The van der Waals surface area contributed by atoms with Crippen LogP contribution in [-0.2, 0) is 11.3 Å². The average Bonchev–Trinajstić information content (AvgIpc) is 3.56. The second kappa shape index (κ2) is 21.6. The van der Waals surface area contributed by atoms with E-state index in [1.54, 1.807) is 48.3 Å². The highest BCUT2D eigenvalue weighted by Gasteiger charge is 2.18. The minimum absolute atomic E-state index is 0.153. The van der Waals surface area contributed by atoms with Crippen LogP contribution in [0.4, 0.5) is 0 Å². The third-order valence-corrected chi connectivity index (χ3v) is 13.1. The number of morpholine rings is 1. The number of aromatic nitrogens is 5. The van der Waals surface area contributed by atoms with E-state index in [1.165, 1.54) is 22.0 Å². The summed E-state index contributed by atoms with van der Waals surface area (Å²) in [4.78, 5) is 42.7. The van der Waals surface area contributed by atoms with Crippen molar-refractivity contribution in [2.75, 3.05) is 38.9 Å². The summed E-state index contributed by atoms with van der Waals surface area (Å²) in [6, 6.07) is 36.4. The van der Waals surface area contributed by atoms with Gasteiger partial charge in [0.25, 0.3) is 11.8 Å². The number of hydrogen-bond acceptors (Lipinski definition) is 10. The van der Waals surface area contributed by atoms with E-state index in [0.29, 0.717) is 45.5 Å². The van der Waals surface area contributed by atoms with Gasteiger partial charge >= 0.3 is 0 Å². The smallest absolute Gasteiger partial charge is 0.271 e. The van der Waals surface area contributed by atoms with Crippen LogP contribution in [0, 0.1) is 28.5 Å². The molecular formula is C59H49N9O4S. The number of amides is 2. The molecule has 0 bridgehead atoms. The Kier molecular flexibility index (Phi) is 14.1. The monoisotopic (exact) mass is 979 g/mol. The Bertz CT molecular complexity index is 3760. The Balaban J connectivity index is 0.884. The quantitative estimate of drug-likeness (QED) is 0.0614. The second-order valence-electron chi connectivity index (χ2n) is 17.5. The molecule has 13 nitrogen and oxygen atoms in total. The van der Waals surface area contributed by atoms with Crippen LogP contribution in [-0.4, -0.2) is 79.4 Å². The molecular weight excluding hydrogens is 931 g/mol. The number of aromatic hydroxyl groups is 1. The van der Waals surface area contributed by atoms with Crippen LogP contribution in [0.5, 0.6) is 5.88 Å². The van der Waals surface area contributed by atoms with Crippen molar-refractivity contribution < 1.29 is 19.4 Å². The number of rotatable bonds is 10. The molecule has 5 heterocycles.